The first-order valence-electron chi connectivity index (χ1n) is 7.66. The molecule has 2 saturated carbocycles. The average Bonchev–Trinajstić information content (AvgIpc) is 3.23. The van der Waals surface area contributed by atoms with Crippen LogP contribution in [0.25, 0.3) is 10.8 Å². The molecule has 2 aliphatic carbocycles. The first kappa shape index (κ1) is 11.7. The Hall–Kier alpha value is -1.97. The Bertz CT molecular complexity index is 828. The van der Waals surface area contributed by atoms with E-state index >= 15 is 0 Å². The van der Waals surface area contributed by atoms with Gasteiger partial charge in [0.1, 0.15) is 5.60 Å². The lowest BCUT2D eigenvalue weighted by Crippen LogP contribution is -2.60. The van der Waals surface area contributed by atoms with Gasteiger partial charge in [-0.05, 0) is 38.2 Å². The van der Waals surface area contributed by atoms with Crippen molar-refractivity contribution >= 4 is 10.8 Å². The van der Waals surface area contributed by atoms with Crippen molar-refractivity contribution in [2.75, 3.05) is 0 Å². The van der Waals surface area contributed by atoms with Crippen molar-refractivity contribution in [3.8, 4) is 11.6 Å². The molecule has 2 fully saturated rings. The van der Waals surface area contributed by atoms with Crippen molar-refractivity contribution in [1.29, 1.82) is 0 Å². The summed E-state index contributed by atoms with van der Waals surface area (Å²) in [5, 5.41) is 1.57. The summed E-state index contributed by atoms with van der Waals surface area (Å²) in [7, 11) is 1.77. The van der Waals surface area contributed by atoms with E-state index in [2.05, 4.69) is 0 Å². The number of hydrogen-bond acceptors (Lipinski definition) is 3. The average molecular weight is 283 g/mol. The minimum absolute atomic E-state index is 0.0193. The molecule has 0 radical (unpaired) electrons. The van der Waals surface area contributed by atoms with E-state index in [1.165, 1.54) is 6.42 Å². The van der Waals surface area contributed by atoms with Gasteiger partial charge in [0.2, 0.25) is 5.88 Å². The fourth-order valence-corrected chi connectivity index (χ4v) is 3.91. The maximum Gasteiger partial charge on any atom is 0.261 e. The summed E-state index contributed by atoms with van der Waals surface area (Å²) < 4.78 is 14.4. The van der Waals surface area contributed by atoms with Gasteiger partial charge < -0.3 is 9.47 Å². The topological polar surface area (TPSA) is 40.5 Å². The van der Waals surface area contributed by atoms with Gasteiger partial charge in [-0.1, -0.05) is 18.2 Å². The van der Waals surface area contributed by atoms with Gasteiger partial charge in [-0.25, -0.2) is 0 Å². The van der Waals surface area contributed by atoms with Gasteiger partial charge in [-0.15, -0.1) is 0 Å². The SMILES string of the molecule is Cn1c2c(c3ccccc3c1=O)OC1(CC1)C1(CCC1)O2. The van der Waals surface area contributed by atoms with Crippen LogP contribution in [-0.4, -0.2) is 15.8 Å². The lowest BCUT2D eigenvalue weighted by molar-refractivity contribution is -0.135. The molecule has 3 aliphatic rings. The van der Waals surface area contributed by atoms with E-state index in [0.717, 1.165) is 36.8 Å². The summed E-state index contributed by atoms with van der Waals surface area (Å²) in [4.78, 5) is 12.5. The van der Waals surface area contributed by atoms with Gasteiger partial charge >= 0.3 is 0 Å². The van der Waals surface area contributed by atoms with Crippen LogP contribution in [0.5, 0.6) is 11.6 Å². The van der Waals surface area contributed by atoms with E-state index in [9.17, 15) is 4.79 Å². The molecule has 21 heavy (non-hydrogen) atoms. The molecule has 0 atom stereocenters. The number of ether oxygens (including phenoxy) is 2. The van der Waals surface area contributed by atoms with E-state index in [4.69, 9.17) is 9.47 Å². The van der Waals surface area contributed by atoms with Crippen LogP contribution < -0.4 is 15.0 Å². The second kappa shape index (κ2) is 3.43. The maximum atomic E-state index is 12.5. The highest BCUT2D eigenvalue weighted by Crippen LogP contribution is 2.62. The molecule has 0 N–H and O–H groups in total. The second-order valence-corrected chi connectivity index (χ2v) is 6.59. The van der Waals surface area contributed by atoms with Crippen molar-refractivity contribution in [1.82, 2.24) is 4.57 Å². The summed E-state index contributed by atoms with van der Waals surface area (Å²) in [6.07, 6.45) is 5.37. The molecule has 0 saturated heterocycles. The fourth-order valence-electron chi connectivity index (χ4n) is 3.91. The van der Waals surface area contributed by atoms with Crippen LogP contribution in [0.4, 0.5) is 0 Å². The molecule has 5 rings (SSSR count). The molecule has 2 aromatic rings. The van der Waals surface area contributed by atoms with Gasteiger partial charge in [0.25, 0.3) is 5.56 Å². The standard InChI is InChI=1S/C17H17NO3/c1-18-14(19)12-6-3-2-5-11(12)13-15(18)21-16(7-4-8-16)17(20-13)9-10-17/h2-3,5-6H,4,7-10H2,1H3. The summed E-state index contributed by atoms with van der Waals surface area (Å²) in [6.45, 7) is 0. The van der Waals surface area contributed by atoms with Crippen LogP contribution in [0.3, 0.4) is 0 Å². The van der Waals surface area contributed by atoms with Crippen molar-refractivity contribution in [3.63, 3.8) is 0 Å². The number of benzene rings is 1. The normalized spacial score (nSPS) is 23.3. The molecule has 2 spiro atoms. The van der Waals surface area contributed by atoms with Crippen molar-refractivity contribution in [2.24, 2.45) is 7.05 Å². The second-order valence-electron chi connectivity index (χ2n) is 6.59. The van der Waals surface area contributed by atoms with Gasteiger partial charge in [-0.3, -0.25) is 9.36 Å². The molecular formula is C17H17NO3. The summed E-state index contributed by atoms with van der Waals surface area (Å²) in [5.74, 6) is 1.36. The van der Waals surface area contributed by atoms with Gasteiger partial charge in [-0.2, -0.15) is 0 Å². The third-order valence-corrected chi connectivity index (χ3v) is 5.49. The van der Waals surface area contributed by atoms with E-state index in [-0.39, 0.29) is 16.8 Å². The van der Waals surface area contributed by atoms with Gasteiger partial charge in [0, 0.05) is 12.4 Å². The lowest BCUT2D eigenvalue weighted by Gasteiger charge is -2.51. The zero-order valence-electron chi connectivity index (χ0n) is 12.0. The molecule has 1 aromatic heterocycles. The Morgan fingerprint density at radius 2 is 1.67 bits per heavy atom. The number of fused-ring (bicyclic) bond motifs is 4. The highest BCUT2D eigenvalue weighted by molar-refractivity contribution is 5.89. The Kier molecular flexibility index (Phi) is 1.91. The Balaban J connectivity index is 1.83. The van der Waals surface area contributed by atoms with Crippen LogP contribution in [0, 0.1) is 0 Å². The van der Waals surface area contributed by atoms with Crippen molar-refractivity contribution in [3.05, 3.63) is 34.6 Å². The van der Waals surface area contributed by atoms with Gasteiger partial charge in [0.05, 0.1) is 5.39 Å². The third-order valence-electron chi connectivity index (χ3n) is 5.49. The van der Waals surface area contributed by atoms with Crippen LogP contribution in [0.1, 0.15) is 32.1 Å². The van der Waals surface area contributed by atoms with Crippen LogP contribution in [0.2, 0.25) is 0 Å². The predicted octanol–water partition coefficient (Wildman–Crippen LogP) is 2.77. The van der Waals surface area contributed by atoms with Crippen LogP contribution >= 0.6 is 0 Å². The quantitative estimate of drug-likeness (QED) is 0.746. The van der Waals surface area contributed by atoms with Crippen molar-refractivity contribution < 1.29 is 9.47 Å². The van der Waals surface area contributed by atoms with Crippen LogP contribution in [0.15, 0.2) is 29.1 Å². The molecule has 108 valence electrons. The molecule has 2 heterocycles. The van der Waals surface area contributed by atoms with Gasteiger partial charge in [0.15, 0.2) is 11.4 Å². The van der Waals surface area contributed by atoms with E-state index in [0.29, 0.717) is 11.3 Å². The fraction of sp³-hybridized carbons (Fsp3) is 0.471. The molecule has 0 bridgehead atoms. The molecule has 4 heteroatoms. The zero-order chi connectivity index (χ0) is 14.2. The Morgan fingerprint density at radius 3 is 2.29 bits per heavy atom. The van der Waals surface area contributed by atoms with E-state index < -0.39 is 0 Å². The molecular weight excluding hydrogens is 266 g/mol. The number of nitrogens with zero attached hydrogens (tertiary/aromatic N) is 1. The highest BCUT2D eigenvalue weighted by atomic mass is 16.6. The smallest absolute Gasteiger partial charge is 0.261 e. The molecule has 1 aromatic carbocycles. The molecule has 0 amide bonds. The first-order chi connectivity index (χ1) is 10.2. The minimum Gasteiger partial charge on any atom is -0.477 e. The summed E-state index contributed by atoms with van der Waals surface area (Å²) in [6, 6.07) is 7.64. The number of hydrogen-bond donors (Lipinski definition) is 0. The largest absolute Gasteiger partial charge is 0.477 e. The Morgan fingerprint density at radius 1 is 1.00 bits per heavy atom. The Labute approximate surface area is 122 Å². The lowest BCUT2D eigenvalue weighted by atomic mass is 9.73. The van der Waals surface area contributed by atoms with Crippen molar-refractivity contribution in [2.45, 2.75) is 43.3 Å². The first-order valence-corrected chi connectivity index (χ1v) is 7.66. The van der Waals surface area contributed by atoms with E-state index in [1.54, 1.807) is 11.6 Å². The number of pyridine rings is 1. The zero-order valence-corrected chi connectivity index (χ0v) is 12.0. The van der Waals surface area contributed by atoms with E-state index in [1.807, 2.05) is 24.3 Å². The minimum atomic E-state index is -0.188. The number of aromatic nitrogens is 1. The third kappa shape index (κ3) is 1.24. The molecule has 1 aliphatic heterocycles. The molecule has 0 unspecified atom stereocenters. The number of rotatable bonds is 0. The maximum absolute atomic E-state index is 12.5. The summed E-state index contributed by atoms with van der Waals surface area (Å²) in [5.41, 5.74) is -0.348. The highest BCUT2D eigenvalue weighted by Gasteiger charge is 2.69. The summed E-state index contributed by atoms with van der Waals surface area (Å²) >= 11 is 0. The molecule has 4 nitrogen and oxygen atoms in total. The predicted molar refractivity (Wildman–Crippen MR) is 79.0 cm³/mol. The van der Waals surface area contributed by atoms with Crippen LogP contribution in [-0.2, 0) is 7.05 Å². The monoisotopic (exact) mass is 283 g/mol.